The van der Waals surface area contributed by atoms with Crippen LogP contribution in [0.5, 0.6) is 5.75 Å². The van der Waals surface area contributed by atoms with Crippen LogP contribution in [0.4, 0.5) is 0 Å². The van der Waals surface area contributed by atoms with Crippen molar-refractivity contribution in [3.05, 3.63) is 56.6 Å². The zero-order valence-electron chi connectivity index (χ0n) is 19.0. The topological polar surface area (TPSA) is 99.6 Å². The van der Waals surface area contributed by atoms with Gasteiger partial charge in [0.05, 0.1) is 7.11 Å². The maximum atomic E-state index is 13.2. The van der Waals surface area contributed by atoms with Crippen LogP contribution >= 0.6 is 0 Å². The lowest BCUT2D eigenvalue weighted by atomic mass is 9.95. The van der Waals surface area contributed by atoms with Crippen LogP contribution in [0, 0.1) is 0 Å². The van der Waals surface area contributed by atoms with Crippen molar-refractivity contribution in [3.8, 4) is 5.75 Å². The van der Waals surface area contributed by atoms with Crippen LogP contribution in [0.2, 0.25) is 0 Å². The second-order valence-electron chi connectivity index (χ2n) is 8.97. The molecule has 9 nitrogen and oxygen atoms in total. The van der Waals surface area contributed by atoms with Crippen molar-refractivity contribution in [2.45, 2.75) is 50.5 Å². The number of piperidine rings is 1. The number of benzene rings is 1. The Kier molecular flexibility index (Phi) is 5.55. The first-order valence-corrected chi connectivity index (χ1v) is 11.5. The Morgan fingerprint density at radius 2 is 1.85 bits per heavy atom. The Hall–Kier alpha value is -3.36. The van der Waals surface area contributed by atoms with Crippen LogP contribution in [0.25, 0.3) is 11.0 Å². The molecule has 3 aromatic rings. The normalized spacial score (nSPS) is 17.7. The summed E-state index contributed by atoms with van der Waals surface area (Å²) in [5, 5.41) is 5.20. The van der Waals surface area contributed by atoms with Crippen LogP contribution in [0.15, 0.2) is 38.3 Å². The summed E-state index contributed by atoms with van der Waals surface area (Å²) >= 11 is 0. The van der Waals surface area contributed by atoms with Gasteiger partial charge in [-0.2, -0.15) is 5.10 Å². The van der Waals surface area contributed by atoms with E-state index in [1.54, 1.807) is 36.2 Å². The first kappa shape index (κ1) is 21.5. The maximum absolute atomic E-state index is 13.2. The molecule has 0 atom stereocenters. The summed E-state index contributed by atoms with van der Waals surface area (Å²) < 4.78 is 14.0. The van der Waals surface area contributed by atoms with E-state index in [-0.39, 0.29) is 29.1 Å². The van der Waals surface area contributed by atoms with Crippen LogP contribution in [0.1, 0.15) is 66.7 Å². The van der Waals surface area contributed by atoms with Gasteiger partial charge < -0.3 is 14.1 Å². The van der Waals surface area contributed by atoms with E-state index in [1.165, 1.54) is 11.8 Å². The van der Waals surface area contributed by atoms with Crippen molar-refractivity contribution in [3.63, 3.8) is 0 Å². The second-order valence-corrected chi connectivity index (χ2v) is 8.97. The van der Waals surface area contributed by atoms with Gasteiger partial charge in [-0.1, -0.05) is 25.0 Å². The predicted octanol–water partition coefficient (Wildman–Crippen LogP) is 2.83. The highest BCUT2D eigenvalue weighted by Crippen LogP contribution is 2.34. The second kappa shape index (κ2) is 8.53. The van der Waals surface area contributed by atoms with Gasteiger partial charge in [-0.25, -0.2) is 14.3 Å². The average molecular weight is 453 g/mol. The van der Waals surface area contributed by atoms with Crippen LogP contribution in [-0.4, -0.2) is 45.4 Å². The molecule has 9 heteroatoms. The van der Waals surface area contributed by atoms with E-state index in [0.717, 1.165) is 31.5 Å². The average Bonchev–Trinajstić information content (AvgIpc) is 3.46. The molecule has 1 aromatic carbocycles. The van der Waals surface area contributed by atoms with Gasteiger partial charge >= 0.3 is 11.3 Å². The van der Waals surface area contributed by atoms with E-state index in [1.807, 2.05) is 4.57 Å². The number of rotatable bonds is 4. The lowest BCUT2D eigenvalue weighted by molar-refractivity contribution is 0.0705. The van der Waals surface area contributed by atoms with E-state index in [2.05, 4.69) is 5.10 Å². The lowest BCUT2D eigenvalue weighted by Gasteiger charge is -2.32. The number of amides is 1. The van der Waals surface area contributed by atoms with E-state index in [4.69, 9.17) is 9.15 Å². The molecule has 0 radical (unpaired) electrons. The van der Waals surface area contributed by atoms with Crippen molar-refractivity contribution in [2.24, 2.45) is 7.05 Å². The summed E-state index contributed by atoms with van der Waals surface area (Å²) in [7, 11) is 3.20. The van der Waals surface area contributed by atoms with Gasteiger partial charge in [0.1, 0.15) is 11.4 Å². The molecule has 0 bridgehead atoms. The van der Waals surface area contributed by atoms with Crippen LogP contribution in [-0.2, 0) is 7.05 Å². The van der Waals surface area contributed by atoms with Crippen molar-refractivity contribution in [1.82, 2.24) is 19.2 Å². The number of carbonyl (C=O) groups is 1. The molecule has 2 fully saturated rings. The molecule has 1 aliphatic carbocycles. The van der Waals surface area contributed by atoms with E-state index < -0.39 is 5.63 Å². The monoisotopic (exact) mass is 452 g/mol. The molecule has 1 saturated carbocycles. The lowest BCUT2D eigenvalue weighted by Crippen LogP contribution is -2.40. The first-order chi connectivity index (χ1) is 16.0. The fraction of sp³-hybridized carbons (Fsp3) is 0.500. The van der Waals surface area contributed by atoms with E-state index in [9.17, 15) is 14.4 Å². The molecule has 33 heavy (non-hydrogen) atoms. The molecule has 174 valence electrons. The largest absolute Gasteiger partial charge is 0.493 e. The van der Waals surface area contributed by atoms with Gasteiger partial charge in [0, 0.05) is 37.5 Å². The summed E-state index contributed by atoms with van der Waals surface area (Å²) in [5.41, 5.74) is -0.367. The molecule has 2 aromatic heterocycles. The van der Waals surface area contributed by atoms with Gasteiger partial charge in [-0.3, -0.25) is 9.36 Å². The summed E-state index contributed by atoms with van der Waals surface area (Å²) in [6.07, 6.45) is 5.69. The molecule has 2 aliphatic rings. The number of methoxy groups -OCH3 is 1. The third-order valence-electron chi connectivity index (χ3n) is 6.99. The molecular formula is C24H28N4O5. The van der Waals surface area contributed by atoms with Gasteiger partial charge in [-0.15, -0.1) is 0 Å². The van der Waals surface area contributed by atoms with Crippen LogP contribution in [0.3, 0.4) is 0 Å². The van der Waals surface area contributed by atoms with Crippen molar-refractivity contribution < 1.29 is 13.9 Å². The number of aromatic nitrogens is 3. The number of aryl methyl sites for hydroxylation is 1. The highest BCUT2D eigenvalue weighted by Gasteiger charge is 2.32. The zero-order chi connectivity index (χ0) is 23.1. The summed E-state index contributed by atoms with van der Waals surface area (Å²) in [5.74, 6) is 1.06. The highest BCUT2D eigenvalue weighted by molar-refractivity contribution is 5.97. The highest BCUT2D eigenvalue weighted by atomic mass is 16.5. The molecule has 1 aliphatic heterocycles. The number of ether oxygens (including phenoxy) is 1. The number of fused-ring (bicyclic) bond motifs is 1. The van der Waals surface area contributed by atoms with Gasteiger partial charge in [-0.05, 0) is 37.8 Å². The van der Waals surface area contributed by atoms with Crippen molar-refractivity contribution >= 4 is 16.9 Å². The number of likely N-dealkylation sites (tertiary alicyclic amines) is 1. The van der Waals surface area contributed by atoms with Gasteiger partial charge in [0.25, 0.3) is 5.91 Å². The minimum Gasteiger partial charge on any atom is -0.493 e. The number of hydrogen-bond donors (Lipinski definition) is 0. The number of hydrogen-bond acceptors (Lipinski definition) is 6. The first-order valence-electron chi connectivity index (χ1n) is 11.5. The third kappa shape index (κ3) is 3.75. The molecule has 0 spiro atoms. The summed E-state index contributed by atoms with van der Waals surface area (Å²) in [6, 6.07) is 7.08. The molecule has 0 N–H and O–H groups in total. The third-order valence-corrected chi connectivity index (χ3v) is 6.99. The SMILES string of the molecule is COc1cccc2cc(C(=O)N3CCC(c4nn(C)c(=O)n4C4CCCC4)CC3)c(=O)oc12. The fourth-order valence-corrected chi connectivity index (χ4v) is 5.22. The minimum absolute atomic E-state index is 0.0231. The van der Waals surface area contributed by atoms with E-state index >= 15 is 0 Å². The van der Waals surface area contributed by atoms with Crippen molar-refractivity contribution in [1.29, 1.82) is 0 Å². The number of carbonyl (C=O) groups excluding carboxylic acids is 1. The number of para-hydroxylation sites is 1. The fourth-order valence-electron chi connectivity index (χ4n) is 5.22. The quantitative estimate of drug-likeness (QED) is 0.565. The van der Waals surface area contributed by atoms with E-state index in [0.29, 0.717) is 42.6 Å². The molecule has 1 saturated heterocycles. The summed E-state index contributed by atoms with van der Waals surface area (Å²) in [6.45, 7) is 0.989. The Morgan fingerprint density at radius 3 is 2.55 bits per heavy atom. The van der Waals surface area contributed by atoms with Gasteiger partial charge in [0.2, 0.25) is 0 Å². The summed E-state index contributed by atoms with van der Waals surface area (Å²) in [4.78, 5) is 40.1. The minimum atomic E-state index is -0.668. The molecule has 5 rings (SSSR count). The smallest absolute Gasteiger partial charge is 0.349 e. The van der Waals surface area contributed by atoms with Gasteiger partial charge in [0.15, 0.2) is 11.3 Å². The Bertz CT molecular complexity index is 1310. The molecule has 0 unspecified atom stereocenters. The molecular weight excluding hydrogens is 424 g/mol. The Balaban J connectivity index is 1.36. The number of nitrogens with zero attached hydrogens (tertiary/aromatic N) is 4. The van der Waals surface area contributed by atoms with Crippen molar-refractivity contribution in [2.75, 3.05) is 20.2 Å². The predicted molar refractivity (Wildman–Crippen MR) is 122 cm³/mol. The Morgan fingerprint density at radius 1 is 1.12 bits per heavy atom. The Labute approximate surface area is 190 Å². The maximum Gasteiger partial charge on any atom is 0.349 e. The zero-order valence-corrected chi connectivity index (χ0v) is 19.0. The van der Waals surface area contributed by atoms with Crippen LogP contribution < -0.4 is 16.1 Å². The standard InChI is InChI=1S/C24H28N4O5/c1-26-24(31)28(17-7-3-4-8-17)21(25-26)15-10-12-27(13-11-15)22(29)18-14-16-6-5-9-19(32-2)20(16)33-23(18)30/h5-6,9,14-15,17H,3-4,7-8,10-13H2,1-2H3. The molecule has 1 amide bonds. The molecule has 3 heterocycles.